The van der Waals surface area contributed by atoms with E-state index in [-0.39, 0.29) is 24.0 Å². The minimum Gasteiger partial charge on any atom is -0.451 e. The predicted molar refractivity (Wildman–Crippen MR) is 92.8 cm³/mol. The van der Waals surface area contributed by atoms with Crippen molar-refractivity contribution in [3.05, 3.63) is 41.2 Å². The van der Waals surface area contributed by atoms with Crippen molar-refractivity contribution in [1.29, 1.82) is 0 Å². The van der Waals surface area contributed by atoms with Crippen LogP contribution < -0.4 is 0 Å². The lowest BCUT2D eigenvalue weighted by Gasteiger charge is -2.30. The predicted octanol–water partition coefficient (Wildman–Crippen LogP) is 3.36. The van der Waals surface area contributed by atoms with Gasteiger partial charge in [-0.05, 0) is 43.0 Å². The number of thiazole rings is 1. The largest absolute Gasteiger partial charge is 0.451 e. The molecule has 1 amide bonds. The number of esters is 1. The van der Waals surface area contributed by atoms with E-state index in [9.17, 15) is 14.0 Å². The number of nitrogens with zero attached hydrogens (tertiary/aromatic N) is 2. The van der Waals surface area contributed by atoms with Crippen LogP contribution in [0.5, 0.6) is 0 Å². The van der Waals surface area contributed by atoms with Gasteiger partial charge in [-0.3, -0.25) is 4.79 Å². The van der Waals surface area contributed by atoms with Crippen LogP contribution in [0.15, 0.2) is 29.6 Å². The molecule has 0 saturated carbocycles. The van der Waals surface area contributed by atoms with Crippen LogP contribution in [-0.4, -0.2) is 41.5 Å². The Hall–Kier alpha value is -2.28. The number of carbonyl (C=O) groups is 2. The summed E-state index contributed by atoms with van der Waals surface area (Å²) in [6.45, 7) is 3.32. The lowest BCUT2D eigenvalue weighted by Crippen LogP contribution is -2.40. The van der Waals surface area contributed by atoms with Gasteiger partial charge in [0.05, 0.1) is 0 Å². The van der Waals surface area contributed by atoms with E-state index < -0.39 is 5.97 Å². The maximum atomic E-state index is 13.0. The lowest BCUT2D eigenvalue weighted by molar-refractivity contribution is -0.135. The van der Waals surface area contributed by atoms with Crippen molar-refractivity contribution in [2.24, 2.45) is 5.92 Å². The molecule has 7 heteroatoms. The first-order valence-electron chi connectivity index (χ1n) is 8.19. The first kappa shape index (κ1) is 17.5. The Morgan fingerprint density at radius 3 is 2.64 bits per heavy atom. The van der Waals surface area contributed by atoms with Gasteiger partial charge in [0.2, 0.25) is 0 Å². The number of ether oxygens (including phenoxy) is 1. The normalized spacial score (nSPS) is 15.2. The summed E-state index contributed by atoms with van der Waals surface area (Å²) < 4.78 is 18.1. The van der Waals surface area contributed by atoms with Crippen molar-refractivity contribution in [3.63, 3.8) is 0 Å². The average Bonchev–Trinajstić information content (AvgIpc) is 3.11. The summed E-state index contributed by atoms with van der Waals surface area (Å²) in [5.74, 6) is -0.491. The Balaban J connectivity index is 1.55. The van der Waals surface area contributed by atoms with E-state index in [0.717, 1.165) is 18.4 Å². The SMILES string of the molecule is CC1CCN(C(=O)COC(=O)c2csc(-c3ccc(F)cc3)n2)CC1. The molecule has 132 valence electrons. The number of carbonyl (C=O) groups excluding carboxylic acids is 2. The molecule has 25 heavy (non-hydrogen) atoms. The van der Waals surface area contributed by atoms with Crippen molar-refractivity contribution >= 4 is 23.2 Å². The third-order valence-corrected chi connectivity index (χ3v) is 5.16. The molecule has 1 fully saturated rings. The third kappa shape index (κ3) is 4.42. The molecule has 0 atom stereocenters. The molecular formula is C18H19FN2O3S. The Morgan fingerprint density at radius 1 is 1.28 bits per heavy atom. The number of halogens is 1. The van der Waals surface area contributed by atoms with Crippen LogP contribution in [0.4, 0.5) is 4.39 Å². The quantitative estimate of drug-likeness (QED) is 0.783. The number of piperidine rings is 1. The van der Waals surface area contributed by atoms with E-state index in [2.05, 4.69) is 11.9 Å². The molecular weight excluding hydrogens is 343 g/mol. The molecule has 0 N–H and O–H groups in total. The first-order chi connectivity index (χ1) is 12.0. The van der Waals surface area contributed by atoms with E-state index in [0.29, 0.717) is 24.0 Å². The molecule has 1 aromatic heterocycles. The zero-order chi connectivity index (χ0) is 17.8. The summed E-state index contributed by atoms with van der Waals surface area (Å²) in [6.07, 6.45) is 1.96. The van der Waals surface area contributed by atoms with E-state index in [4.69, 9.17) is 4.74 Å². The van der Waals surface area contributed by atoms with Gasteiger partial charge >= 0.3 is 5.97 Å². The highest BCUT2D eigenvalue weighted by Crippen LogP contribution is 2.24. The van der Waals surface area contributed by atoms with Gasteiger partial charge in [0.25, 0.3) is 5.91 Å². The fourth-order valence-electron chi connectivity index (χ4n) is 2.64. The number of rotatable bonds is 4. The summed E-state index contributed by atoms with van der Waals surface area (Å²) in [4.78, 5) is 30.1. The third-order valence-electron chi connectivity index (χ3n) is 4.27. The maximum Gasteiger partial charge on any atom is 0.358 e. The standard InChI is InChI=1S/C18H19FN2O3S/c1-12-6-8-21(9-7-12)16(22)10-24-18(23)15-11-25-17(20-15)13-2-4-14(19)5-3-13/h2-5,11-12H,6-10H2,1H3. The van der Waals surface area contributed by atoms with Crippen molar-refractivity contribution < 1.29 is 18.7 Å². The molecule has 0 aliphatic carbocycles. The van der Waals surface area contributed by atoms with Crippen LogP contribution >= 0.6 is 11.3 Å². The molecule has 2 heterocycles. The molecule has 0 bridgehead atoms. The van der Waals surface area contributed by atoms with Gasteiger partial charge < -0.3 is 9.64 Å². The summed E-state index contributed by atoms with van der Waals surface area (Å²) in [5, 5.41) is 2.18. The molecule has 2 aromatic rings. The topological polar surface area (TPSA) is 59.5 Å². The van der Waals surface area contributed by atoms with E-state index in [1.807, 2.05) is 0 Å². The van der Waals surface area contributed by atoms with Gasteiger partial charge in [0.1, 0.15) is 10.8 Å². The fourth-order valence-corrected chi connectivity index (χ4v) is 3.44. The highest BCUT2D eigenvalue weighted by atomic mass is 32.1. The first-order valence-corrected chi connectivity index (χ1v) is 9.07. The summed E-state index contributed by atoms with van der Waals surface area (Å²) in [5.41, 5.74) is 0.883. The monoisotopic (exact) mass is 362 g/mol. The summed E-state index contributed by atoms with van der Waals surface area (Å²) in [7, 11) is 0. The minimum absolute atomic E-state index is 0.157. The van der Waals surface area contributed by atoms with Crippen LogP contribution in [0.3, 0.4) is 0 Å². The van der Waals surface area contributed by atoms with Crippen molar-refractivity contribution in [3.8, 4) is 10.6 Å². The van der Waals surface area contributed by atoms with Gasteiger partial charge in [-0.2, -0.15) is 0 Å². The maximum absolute atomic E-state index is 13.0. The number of likely N-dealkylation sites (tertiary alicyclic amines) is 1. The molecule has 3 rings (SSSR count). The second-order valence-electron chi connectivity index (χ2n) is 6.18. The Kier molecular flexibility index (Phi) is 5.43. The smallest absolute Gasteiger partial charge is 0.358 e. The van der Waals surface area contributed by atoms with Crippen LogP contribution in [0, 0.1) is 11.7 Å². The molecule has 0 radical (unpaired) electrons. The summed E-state index contributed by atoms with van der Waals surface area (Å²) in [6, 6.07) is 5.88. The lowest BCUT2D eigenvalue weighted by atomic mass is 9.99. The van der Waals surface area contributed by atoms with Gasteiger partial charge in [-0.15, -0.1) is 11.3 Å². The zero-order valence-corrected chi connectivity index (χ0v) is 14.7. The molecule has 0 spiro atoms. The second kappa shape index (κ2) is 7.74. The fraction of sp³-hybridized carbons (Fsp3) is 0.389. The van der Waals surface area contributed by atoms with Gasteiger partial charge in [0.15, 0.2) is 12.3 Å². The average molecular weight is 362 g/mol. The molecule has 0 unspecified atom stereocenters. The molecule has 1 aliphatic heterocycles. The Bertz CT molecular complexity index is 752. The van der Waals surface area contributed by atoms with Crippen LogP contribution in [-0.2, 0) is 9.53 Å². The number of aromatic nitrogens is 1. The van der Waals surface area contributed by atoms with Crippen molar-refractivity contribution in [2.75, 3.05) is 19.7 Å². The highest BCUT2D eigenvalue weighted by molar-refractivity contribution is 7.13. The van der Waals surface area contributed by atoms with Gasteiger partial charge in [-0.1, -0.05) is 6.92 Å². The second-order valence-corrected chi connectivity index (χ2v) is 7.04. The zero-order valence-electron chi connectivity index (χ0n) is 13.9. The molecule has 1 aliphatic rings. The van der Waals surface area contributed by atoms with E-state index in [1.54, 1.807) is 22.4 Å². The number of hydrogen-bond acceptors (Lipinski definition) is 5. The number of benzene rings is 1. The van der Waals surface area contributed by atoms with Gasteiger partial charge in [0, 0.05) is 24.0 Å². The van der Waals surface area contributed by atoms with Crippen molar-refractivity contribution in [1.82, 2.24) is 9.88 Å². The Morgan fingerprint density at radius 2 is 1.96 bits per heavy atom. The summed E-state index contributed by atoms with van der Waals surface area (Å²) >= 11 is 1.27. The van der Waals surface area contributed by atoms with E-state index >= 15 is 0 Å². The highest BCUT2D eigenvalue weighted by Gasteiger charge is 2.22. The number of amides is 1. The van der Waals surface area contributed by atoms with Crippen molar-refractivity contribution in [2.45, 2.75) is 19.8 Å². The van der Waals surface area contributed by atoms with Crippen LogP contribution in [0.25, 0.3) is 10.6 Å². The van der Waals surface area contributed by atoms with Crippen LogP contribution in [0.2, 0.25) is 0 Å². The molecule has 5 nitrogen and oxygen atoms in total. The minimum atomic E-state index is -0.622. The molecule has 1 saturated heterocycles. The van der Waals surface area contributed by atoms with E-state index in [1.165, 1.54) is 23.5 Å². The van der Waals surface area contributed by atoms with Crippen LogP contribution in [0.1, 0.15) is 30.3 Å². The number of hydrogen-bond donors (Lipinski definition) is 0. The van der Waals surface area contributed by atoms with Gasteiger partial charge in [-0.25, -0.2) is 14.2 Å². The molecule has 1 aromatic carbocycles. The Labute approximate surface area is 149 Å².